The van der Waals surface area contributed by atoms with Gasteiger partial charge in [-0.1, -0.05) is 34.8 Å². The molecule has 27 heavy (non-hydrogen) atoms. The molecule has 1 unspecified atom stereocenters. The average Bonchev–Trinajstić information content (AvgIpc) is 2.57. The third kappa shape index (κ3) is 3.79. The van der Waals surface area contributed by atoms with Gasteiger partial charge in [-0.3, -0.25) is 9.59 Å². The van der Waals surface area contributed by atoms with E-state index in [1.807, 2.05) is 0 Å². The summed E-state index contributed by atoms with van der Waals surface area (Å²) in [5.41, 5.74) is -0.602. The van der Waals surface area contributed by atoms with Crippen LogP contribution in [-0.4, -0.2) is 16.0 Å². The molecule has 10 heteroatoms. The van der Waals surface area contributed by atoms with Crippen LogP contribution in [0.25, 0.3) is 10.9 Å². The highest BCUT2D eigenvalue weighted by atomic mass is 35.5. The molecule has 0 bridgehead atoms. The number of carbonyl (C=O) groups is 1. The molecule has 0 aliphatic carbocycles. The quantitative estimate of drug-likeness (QED) is 0.373. The van der Waals surface area contributed by atoms with Gasteiger partial charge in [0.1, 0.15) is 16.9 Å². The largest absolute Gasteiger partial charge is 0.595 e. The molecule has 2 aromatic carbocycles. The molecule has 1 aromatic heterocycles. The first kappa shape index (κ1) is 19.6. The first-order valence-corrected chi connectivity index (χ1v) is 8.68. The third-order valence-corrected chi connectivity index (χ3v) is 4.61. The fourth-order valence-corrected chi connectivity index (χ4v) is 3.35. The minimum absolute atomic E-state index is 0.00199. The van der Waals surface area contributed by atoms with E-state index in [1.165, 1.54) is 25.1 Å². The minimum Gasteiger partial charge on any atom is -0.595 e. The molecule has 0 saturated heterocycles. The van der Waals surface area contributed by atoms with Crippen LogP contribution in [0.15, 0.2) is 35.1 Å². The molecule has 7 nitrogen and oxygen atoms in total. The number of hydrogen-bond donors (Lipinski definition) is 4. The number of anilines is 2. The van der Waals surface area contributed by atoms with Crippen LogP contribution in [0.5, 0.6) is 0 Å². The molecule has 0 aliphatic heterocycles. The second-order valence-electron chi connectivity index (χ2n) is 5.69. The topological polar surface area (TPSA) is 110 Å². The number of quaternary nitrogens is 1. The number of rotatable bonds is 4. The predicted molar refractivity (Wildman–Crippen MR) is 105 cm³/mol. The lowest BCUT2D eigenvalue weighted by Crippen LogP contribution is -2.99. The van der Waals surface area contributed by atoms with E-state index in [2.05, 4.69) is 10.3 Å². The lowest BCUT2D eigenvalue weighted by Gasteiger charge is -2.17. The summed E-state index contributed by atoms with van der Waals surface area (Å²) < 4.78 is 0. The van der Waals surface area contributed by atoms with E-state index in [1.54, 1.807) is 12.1 Å². The average molecular weight is 429 g/mol. The van der Waals surface area contributed by atoms with Crippen LogP contribution in [0.3, 0.4) is 0 Å². The predicted octanol–water partition coefficient (Wildman–Crippen LogP) is 3.84. The fraction of sp³-hybridized carbons (Fsp3) is 0.0588. The highest BCUT2D eigenvalue weighted by Gasteiger charge is 2.21. The number of nitrogens with one attached hydrogen (secondary N) is 3. The van der Waals surface area contributed by atoms with Crippen LogP contribution < -0.4 is 16.0 Å². The maximum Gasteiger partial charge on any atom is 0.202 e. The Hall–Kier alpha value is -2.13. The fourth-order valence-electron chi connectivity index (χ4n) is 2.68. The van der Waals surface area contributed by atoms with Crippen molar-refractivity contribution in [2.75, 3.05) is 5.32 Å². The second-order valence-corrected chi connectivity index (χ2v) is 6.97. The summed E-state index contributed by atoms with van der Waals surface area (Å²) >= 11 is 17.9. The maximum absolute atomic E-state index is 12.9. The summed E-state index contributed by atoms with van der Waals surface area (Å²) in [6.45, 7) is 1.23. The Bertz CT molecular complexity index is 1130. The molecule has 0 amide bonds. The molecule has 0 fully saturated rings. The molecule has 4 N–H and O–H groups in total. The molecule has 0 spiro atoms. The number of aromatic nitrogens is 1. The first-order valence-electron chi connectivity index (χ1n) is 7.55. The lowest BCUT2D eigenvalue weighted by atomic mass is 10.1. The summed E-state index contributed by atoms with van der Waals surface area (Å²) in [5.74, 6) is -0.489. The number of hydrogen-bond acceptors (Lipinski definition) is 5. The first-order chi connectivity index (χ1) is 12.7. The summed E-state index contributed by atoms with van der Waals surface area (Å²) in [7, 11) is 0. The number of fused-ring (bicyclic) bond motifs is 1. The van der Waals surface area contributed by atoms with Crippen LogP contribution in [0.4, 0.5) is 17.2 Å². The molecule has 1 atom stereocenters. The van der Waals surface area contributed by atoms with E-state index < -0.39 is 16.4 Å². The van der Waals surface area contributed by atoms with Crippen molar-refractivity contribution in [3.05, 3.63) is 66.4 Å². The molecular weight excluding hydrogens is 417 g/mol. The SMILES string of the molecule is CC(=O)c1c(Nc2ccc(Cl)cc2Cl)[nH]c2c([NH+]([O-])O)cc(Cl)cc2c1=O. The number of ketones is 1. The van der Waals surface area contributed by atoms with E-state index >= 15 is 0 Å². The second kappa shape index (κ2) is 7.47. The van der Waals surface area contributed by atoms with Gasteiger partial charge in [-0.2, -0.15) is 5.23 Å². The Morgan fingerprint density at radius 3 is 2.48 bits per heavy atom. The van der Waals surface area contributed by atoms with Gasteiger partial charge in [-0.05, 0) is 31.2 Å². The maximum atomic E-state index is 12.9. The third-order valence-electron chi connectivity index (χ3n) is 3.85. The molecular formula is C17H12Cl3N3O4. The summed E-state index contributed by atoms with van der Waals surface area (Å²) in [6, 6.07) is 7.16. The number of H-pyrrole nitrogens is 1. The number of pyridine rings is 1. The molecule has 0 saturated carbocycles. The van der Waals surface area contributed by atoms with Gasteiger partial charge in [0.25, 0.3) is 0 Å². The van der Waals surface area contributed by atoms with Crippen LogP contribution >= 0.6 is 34.8 Å². The van der Waals surface area contributed by atoms with Crippen molar-refractivity contribution < 1.29 is 15.2 Å². The summed E-state index contributed by atoms with van der Waals surface area (Å²) in [6.07, 6.45) is 0. The Labute approximate surface area is 167 Å². The molecule has 0 aliphatic rings. The smallest absolute Gasteiger partial charge is 0.202 e. The summed E-state index contributed by atoms with van der Waals surface area (Å²) in [4.78, 5) is 27.8. The van der Waals surface area contributed by atoms with E-state index in [0.29, 0.717) is 10.7 Å². The number of Topliss-reactive ketones (excluding diaryl/α,β-unsaturated/α-hetero) is 1. The van der Waals surface area contributed by atoms with Gasteiger partial charge < -0.3 is 15.5 Å². The molecule has 3 aromatic rings. The highest BCUT2D eigenvalue weighted by Crippen LogP contribution is 2.30. The van der Waals surface area contributed by atoms with Crippen LogP contribution in [0, 0.1) is 5.21 Å². The van der Waals surface area contributed by atoms with Crippen molar-refractivity contribution in [1.82, 2.24) is 4.98 Å². The van der Waals surface area contributed by atoms with Gasteiger partial charge in [0.2, 0.25) is 5.43 Å². The number of carbonyl (C=O) groups excluding carboxylic acids is 1. The zero-order valence-electron chi connectivity index (χ0n) is 13.7. The van der Waals surface area contributed by atoms with Crippen molar-refractivity contribution in [3.63, 3.8) is 0 Å². The zero-order valence-corrected chi connectivity index (χ0v) is 16.0. The molecule has 0 radical (unpaired) electrons. The van der Waals surface area contributed by atoms with Crippen molar-refractivity contribution in [1.29, 1.82) is 0 Å². The number of halogens is 3. The zero-order chi connectivity index (χ0) is 19.9. The van der Waals surface area contributed by atoms with Gasteiger partial charge >= 0.3 is 0 Å². The normalized spacial score (nSPS) is 12.2. The van der Waals surface area contributed by atoms with Gasteiger partial charge in [-0.25, -0.2) is 5.21 Å². The van der Waals surface area contributed by atoms with Crippen molar-refractivity contribution in [3.8, 4) is 0 Å². The molecule has 140 valence electrons. The van der Waals surface area contributed by atoms with E-state index in [-0.39, 0.29) is 38.0 Å². The van der Waals surface area contributed by atoms with Crippen molar-refractivity contribution in [2.45, 2.75) is 6.92 Å². The standard InChI is InChI=1S/C17H12Cl3N3O4/c1-7(24)14-16(25)10-4-9(19)6-13(23(26)27)15(10)22-17(14)21-12-3-2-8(18)5-11(12)20/h2-6,23,26H,1H3,(H2,21,22,25). The van der Waals surface area contributed by atoms with Gasteiger partial charge in [0, 0.05) is 16.1 Å². The van der Waals surface area contributed by atoms with Crippen LogP contribution in [0.2, 0.25) is 15.1 Å². The van der Waals surface area contributed by atoms with Crippen LogP contribution in [0.1, 0.15) is 17.3 Å². The number of benzene rings is 2. The Kier molecular flexibility index (Phi) is 5.43. The monoisotopic (exact) mass is 427 g/mol. The number of aromatic amines is 1. The Balaban J connectivity index is 2.32. The van der Waals surface area contributed by atoms with Gasteiger partial charge in [0.05, 0.1) is 16.1 Å². The minimum atomic E-state index is -1.27. The van der Waals surface area contributed by atoms with Crippen molar-refractivity contribution >= 4 is 68.7 Å². The molecule has 3 rings (SSSR count). The van der Waals surface area contributed by atoms with E-state index in [0.717, 1.165) is 0 Å². The Morgan fingerprint density at radius 2 is 1.89 bits per heavy atom. The summed E-state index contributed by atoms with van der Waals surface area (Å²) in [5, 5.41) is 23.3. The Morgan fingerprint density at radius 1 is 1.19 bits per heavy atom. The lowest BCUT2D eigenvalue weighted by molar-refractivity contribution is -0.990. The van der Waals surface area contributed by atoms with Crippen molar-refractivity contribution in [2.24, 2.45) is 0 Å². The van der Waals surface area contributed by atoms with E-state index in [9.17, 15) is 20.0 Å². The molecule has 1 heterocycles. The highest BCUT2D eigenvalue weighted by molar-refractivity contribution is 6.36. The van der Waals surface area contributed by atoms with E-state index in [4.69, 9.17) is 34.8 Å². The van der Waals surface area contributed by atoms with Crippen LogP contribution in [-0.2, 0) is 0 Å². The van der Waals surface area contributed by atoms with Gasteiger partial charge in [-0.15, -0.1) is 0 Å². The van der Waals surface area contributed by atoms with Gasteiger partial charge in [0.15, 0.2) is 11.5 Å².